The van der Waals surface area contributed by atoms with Crippen LogP contribution in [0.1, 0.15) is 37.7 Å². The molecule has 1 aromatic carbocycles. The van der Waals surface area contributed by atoms with Crippen LogP contribution in [0.15, 0.2) is 24.3 Å². The van der Waals surface area contributed by atoms with Crippen molar-refractivity contribution >= 4 is 5.97 Å². The Labute approximate surface area is 150 Å². The van der Waals surface area contributed by atoms with Crippen LogP contribution in [-0.4, -0.2) is 54.8 Å². The Morgan fingerprint density at radius 2 is 2.04 bits per heavy atom. The van der Waals surface area contributed by atoms with Crippen LogP contribution in [0.4, 0.5) is 0 Å². The lowest BCUT2D eigenvalue weighted by Crippen LogP contribution is -2.32. The molecule has 1 aliphatic carbocycles. The number of nitrogens with zero attached hydrogens (tertiary/aromatic N) is 1. The lowest BCUT2D eigenvalue weighted by atomic mass is 9.82. The third-order valence-corrected chi connectivity index (χ3v) is 5.66. The molecule has 3 rings (SSSR count). The zero-order valence-corrected chi connectivity index (χ0v) is 15.3. The third-order valence-electron chi connectivity index (χ3n) is 5.66. The number of carboxylic acids is 1. The van der Waals surface area contributed by atoms with Crippen LogP contribution < -0.4 is 10.1 Å². The van der Waals surface area contributed by atoms with E-state index in [1.807, 2.05) is 12.1 Å². The molecule has 25 heavy (non-hydrogen) atoms. The van der Waals surface area contributed by atoms with Crippen molar-refractivity contribution < 1.29 is 14.6 Å². The quantitative estimate of drug-likeness (QED) is 0.829. The third kappa shape index (κ3) is 4.95. The SMILES string of the molecule is CN(C)[C@H]1CC[C@H](Cc2cccc(O[C@H]3CN[C@H](C(=O)O)C3)c2)CC1. The Hall–Kier alpha value is -1.59. The van der Waals surface area contributed by atoms with Gasteiger partial charge in [-0.1, -0.05) is 12.1 Å². The summed E-state index contributed by atoms with van der Waals surface area (Å²) < 4.78 is 6.00. The number of nitrogens with one attached hydrogen (secondary N) is 1. The molecule has 1 saturated carbocycles. The molecule has 1 saturated heterocycles. The van der Waals surface area contributed by atoms with E-state index in [9.17, 15) is 4.79 Å². The standard InChI is InChI=1S/C20H30N2O3/c1-22(2)16-8-6-14(7-9-16)10-15-4-3-5-17(11-15)25-18-12-19(20(23)24)21-13-18/h3-5,11,14,16,18-19,21H,6-10,12-13H2,1-2H3,(H,23,24)/t14-,16-,18-,19+/m1/s1. The van der Waals surface area contributed by atoms with E-state index in [2.05, 4.69) is 36.4 Å². The predicted molar refractivity (Wildman–Crippen MR) is 98.0 cm³/mol. The second kappa shape index (κ2) is 8.19. The predicted octanol–water partition coefficient (Wildman–Crippen LogP) is 2.54. The molecular weight excluding hydrogens is 316 g/mol. The van der Waals surface area contributed by atoms with Crippen molar-refractivity contribution in [1.29, 1.82) is 0 Å². The van der Waals surface area contributed by atoms with Gasteiger partial charge in [-0.15, -0.1) is 0 Å². The maximum atomic E-state index is 11.0. The van der Waals surface area contributed by atoms with Crippen LogP contribution in [0.3, 0.4) is 0 Å². The summed E-state index contributed by atoms with van der Waals surface area (Å²) in [7, 11) is 4.36. The Bertz CT molecular complexity index is 582. The average molecular weight is 346 g/mol. The highest BCUT2D eigenvalue weighted by molar-refractivity contribution is 5.73. The number of carboxylic acid groups (broad SMARTS) is 1. The van der Waals surface area contributed by atoms with Crippen molar-refractivity contribution in [2.75, 3.05) is 20.6 Å². The maximum Gasteiger partial charge on any atom is 0.320 e. The summed E-state index contributed by atoms with van der Waals surface area (Å²) in [6, 6.07) is 8.58. The van der Waals surface area contributed by atoms with E-state index < -0.39 is 12.0 Å². The summed E-state index contributed by atoms with van der Waals surface area (Å²) in [5, 5.41) is 12.0. The summed E-state index contributed by atoms with van der Waals surface area (Å²) in [5.74, 6) is 0.821. The maximum absolute atomic E-state index is 11.0. The zero-order chi connectivity index (χ0) is 17.8. The number of hydrogen-bond acceptors (Lipinski definition) is 4. The minimum atomic E-state index is -0.798. The van der Waals surface area contributed by atoms with Gasteiger partial charge in [0.25, 0.3) is 0 Å². The molecule has 0 radical (unpaired) electrons. The normalized spacial score (nSPS) is 29.7. The summed E-state index contributed by atoms with van der Waals surface area (Å²) in [6.45, 7) is 0.593. The molecular formula is C20H30N2O3. The van der Waals surface area contributed by atoms with Crippen molar-refractivity contribution in [2.24, 2.45) is 5.92 Å². The molecule has 0 amide bonds. The van der Waals surface area contributed by atoms with Crippen LogP contribution in [0.2, 0.25) is 0 Å². The lowest BCUT2D eigenvalue weighted by molar-refractivity contribution is -0.139. The van der Waals surface area contributed by atoms with E-state index >= 15 is 0 Å². The van der Waals surface area contributed by atoms with Gasteiger partial charge in [-0.3, -0.25) is 4.79 Å². The number of hydrogen-bond donors (Lipinski definition) is 2. The Balaban J connectivity index is 1.51. The number of carbonyl (C=O) groups is 1. The number of rotatable bonds is 6. The molecule has 1 heterocycles. The minimum absolute atomic E-state index is 0.0631. The molecule has 2 fully saturated rings. The number of benzene rings is 1. The Morgan fingerprint density at radius 1 is 1.28 bits per heavy atom. The molecule has 0 bridgehead atoms. The van der Waals surface area contributed by atoms with Crippen LogP contribution in [-0.2, 0) is 11.2 Å². The Morgan fingerprint density at radius 3 is 2.68 bits per heavy atom. The van der Waals surface area contributed by atoms with Crippen molar-refractivity contribution in [3.8, 4) is 5.75 Å². The molecule has 0 unspecified atom stereocenters. The van der Waals surface area contributed by atoms with Gasteiger partial charge >= 0.3 is 5.97 Å². The van der Waals surface area contributed by atoms with E-state index in [1.54, 1.807) is 0 Å². The van der Waals surface area contributed by atoms with E-state index in [0.717, 1.165) is 24.1 Å². The lowest BCUT2D eigenvalue weighted by Gasteiger charge is -2.32. The van der Waals surface area contributed by atoms with Crippen LogP contribution >= 0.6 is 0 Å². The fourth-order valence-electron chi connectivity index (χ4n) is 4.12. The van der Waals surface area contributed by atoms with Crippen molar-refractivity contribution in [2.45, 2.75) is 56.7 Å². The van der Waals surface area contributed by atoms with Gasteiger partial charge < -0.3 is 20.1 Å². The fourth-order valence-corrected chi connectivity index (χ4v) is 4.12. The molecule has 5 heteroatoms. The molecule has 1 aromatic rings. The smallest absolute Gasteiger partial charge is 0.320 e. The van der Waals surface area contributed by atoms with E-state index in [1.165, 1.54) is 31.2 Å². The first-order valence-corrected chi connectivity index (χ1v) is 9.39. The first kappa shape index (κ1) is 18.2. The highest BCUT2D eigenvalue weighted by atomic mass is 16.5. The molecule has 2 aliphatic rings. The van der Waals surface area contributed by atoms with Crippen molar-refractivity contribution in [3.63, 3.8) is 0 Å². The minimum Gasteiger partial charge on any atom is -0.489 e. The van der Waals surface area contributed by atoms with Crippen LogP contribution in [0, 0.1) is 5.92 Å². The summed E-state index contributed by atoms with van der Waals surface area (Å²) in [4.78, 5) is 13.4. The van der Waals surface area contributed by atoms with Gasteiger partial charge in [0.15, 0.2) is 0 Å². The monoisotopic (exact) mass is 346 g/mol. The van der Waals surface area contributed by atoms with Crippen molar-refractivity contribution in [3.05, 3.63) is 29.8 Å². The second-order valence-electron chi connectivity index (χ2n) is 7.76. The number of aliphatic carboxylic acids is 1. The van der Waals surface area contributed by atoms with Crippen LogP contribution in [0.25, 0.3) is 0 Å². The molecule has 2 N–H and O–H groups in total. The Kier molecular flexibility index (Phi) is 5.97. The molecule has 2 atom stereocenters. The highest BCUT2D eigenvalue weighted by Crippen LogP contribution is 2.30. The average Bonchev–Trinajstić information content (AvgIpc) is 3.04. The molecule has 5 nitrogen and oxygen atoms in total. The summed E-state index contributed by atoms with van der Waals surface area (Å²) in [6.07, 6.45) is 6.73. The van der Waals surface area contributed by atoms with Crippen LogP contribution in [0.5, 0.6) is 5.75 Å². The summed E-state index contributed by atoms with van der Waals surface area (Å²) in [5.41, 5.74) is 1.33. The molecule has 0 aromatic heterocycles. The largest absolute Gasteiger partial charge is 0.489 e. The topological polar surface area (TPSA) is 61.8 Å². The van der Waals surface area contributed by atoms with Gasteiger partial charge in [0.05, 0.1) is 0 Å². The van der Waals surface area contributed by atoms with E-state index in [-0.39, 0.29) is 6.10 Å². The first-order chi connectivity index (χ1) is 12.0. The molecule has 138 valence electrons. The zero-order valence-electron chi connectivity index (χ0n) is 15.3. The van der Waals surface area contributed by atoms with Crippen molar-refractivity contribution in [1.82, 2.24) is 10.2 Å². The van der Waals surface area contributed by atoms with Gasteiger partial charge in [-0.2, -0.15) is 0 Å². The van der Waals surface area contributed by atoms with Gasteiger partial charge in [0.2, 0.25) is 0 Å². The highest BCUT2D eigenvalue weighted by Gasteiger charge is 2.30. The van der Waals surface area contributed by atoms with Gasteiger partial charge in [-0.25, -0.2) is 0 Å². The fraction of sp³-hybridized carbons (Fsp3) is 0.650. The molecule has 1 aliphatic heterocycles. The molecule has 0 spiro atoms. The second-order valence-corrected chi connectivity index (χ2v) is 7.76. The first-order valence-electron chi connectivity index (χ1n) is 9.39. The van der Waals surface area contributed by atoms with E-state index in [4.69, 9.17) is 9.84 Å². The van der Waals surface area contributed by atoms with Gasteiger partial charge in [0.1, 0.15) is 17.9 Å². The summed E-state index contributed by atoms with van der Waals surface area (Å²) >= 11 is 0. The van der Waals surface area contributed by atoms with Gasteiger partial charge in [0, 0.05) is 19.0 Å². The van der Waals surface area contributed by atoms with Gasteiger partial charge in [-0.05, 0) is 69.8 Å². The number of ether oxygens (including phenoxy) is 1. The van der Waals surface area contributed by atoms with E-state index in [0.29, 0.717) is 13.0 Å².